The van der Waals surface area contributed by atoms with Crippen molar-refractivity contribution in [2.75, 3.05) is 7.11 Å². The molecule has 0 heterocycles. The fraction of sp³-hybridized carbons (Fsp3) is 0.643. The van der Waals surface area contributed by atoms with Crippen LogP contribution in [0.25, 0.3) is 0 Å². The molecule has 0 saturated heterocycles. The Morgan fingerprint density at radius 2 is 2.24 bits per heavy atom. The summed E-state index contributed by atoms with van der Waals surface area (Å²) in [6, 6.07) is 0. The summed E-state index contributed by atoms with van der Waals surface area (Å²) in [5, 5.41) is 9.94. The second kappa shape index (κ2) is 7.28. The van der Waals surface area contributed by atoms with E-state index >= 15 is 0 Å². The second-order valence-electron chi connectivity index (χ2n) is 4.44. The molecular formula is C14H22O3. The number of Topliss-reactive ketones (excluding diaryl/α,β-unsaturated/α-hetero) is 1. The maximum atomic E-state index is 11.5. The predicted molar refractivity (Wildman–Crippen MR) is 67.6 cm³/mol. The standard InChI is InChI=1S/C14H22O3/c1-3-4-5-12(15)10-14(16)11-6-8-13(17-2)9-7-11/h6,8,14,16H,3-5,7,9-10H2,1-2H3. The maximum Gasteiger partial charge on any atom is 0.135 e. The molecule has 0 fully saturated rings. The van der Waals surface area contributed by atoms with Crippen LogP contribution in [0.1, 0.15) is 45.4 Å². The third kappa shape index (κ3) is 4.73. The zero-order valence-electron chi connectivity index (χ0n) is 10.7. The molecule has 0 spiro atoms. The molecule has 0 aromatic heterocycles. The molecule has 0 aromatic rings. The molecule has 1 N–H and O–H groups in total. The van der Waals surface area contributed by atoms with Gasteiger partial charge in [-0.3, -0.25) is 4.79 Å². The second-order valence-corrected chi connectivity index (χ2v) is 4.44. The molecule has 0 saturated carbocycles. The summed E-state index contributed by atoms with van der Waals surface area (Å²) < 4.78 is 5.12. The minimum atomic E-state index is -0.617. The minimum Gasteiger partial charge on any atom is -0.501 e. The Labute approximate surface area is 103 Å². The summed E-state index contributed by atoms with van der Waals surface area (Å²) in [7, 11) is 1.65. The summed E-state index contributed by atoms with van der Waals surface area (Å²) >= 11 is 0. The Morgan fingerprint density at radius 1 is 1.47 bits per heavy atom. The van der Waals surface area contributed by atoms with E-state index in [4.69, 9.17) is 4.74 Å². The van der Waals surface area contributed by atoms with Gasteiger partial charge in [-0.2, -0.15) is 0 Å². The molecule has 3 nitrogen and oxygen atoms in total. The van der Waals surface area contributed by atoms with Crippen molar-refractivity contribution >= 4 is 5.78 Å². The number of unbranched alkanes of at least 4 members (excludes halogenated alkanes) is 1. The lowest BCUT2D eigenvalue weighted by Gasteiger charge is -2.18. The summed E-state index contributed by atoms with van der Waals surface area (Å²) in [4.78, 5) is 11.5. The first-order valence-electron chi connectivity index (χ1n) is 6.30. The third-order valence-corrected chi connectivity index (χ3v) is 3.06. The van der Waals surface area contributed by atoms with E-state index in [1.807, 2.05) is 12.2 Å². The van der Waals surface area contributed by atoms with Crippen LogP contribution < -0.4 is 0 Å². The van der Waals surface area contributed by atoms with Crippen LogP contribution in [-0.2, 0) is 9.53 Å². The van der Waals surface area contributed by atoms with Crippen molar-refractivity contribution in [3.8, 4) is 0 Å². The Bertz CT molecular complexity index is 315. The smallest absolute Gasteiger partial charge is 0.135 e. The van der Waals surface area contributed by atoms with Gasteiger partial charge in [-0.15, -0.1) is 0 Å². The molecule has 1 aliphatic carbocycles. The number of carbonyl (C=O) groups excluding carboxylic acids is 1. The lowest BCUT2D eigenvalue weighted by Crippen LogP contribution is -2.17. The van der Waals surface area contributed by atoms with Gasteiger partial charge in [-0.25, -0.2) is 0 Å². The van der Waals surface area contributed by atoms with Crippen molar-refractivity contribution in [2.45, 2.75) is 51.6 Å². The van der Waals surface area contributed by atoms with Gasteiger partial charge in [-0.05, 0) is 24.5 Å². The van der Waals surface area contributed by atoms with Crippen molar-refractivity contribution in [1.82, 2.24) is 0 Å². The normalized spacial score (nSPS) is 17.1. The van der Waals surface area contributed by atoms with Gasteiger partial charge < -0.3 is 9.84 Å². The molecule has 1 unspecified atom stereocenters. The van der Waals surface area contributed by atoms with Gasteiger partial charge in [0, 0.05) is 19.3 Å². The van der Waals surface area contributed by atoms with E-state index in [0.29, 0.717) is 6.42 Å². The van der Waals surface area contributed by atoms with Crippen molar-refractivity contribution in [1.29, 1.82) is 0 Å². The lowest BCUT2D eigenvalue weighted by molar-refractivity contribution is -0.120. The van der Waals surface area contributed by atoms with E-state index in [0.717, 1.165) is 37.0 Å². The fourth-order valence-corrected chi connectivity index (χ4v) is 1.90. The molecule has 1 aliphatic rings. The summed E-state index contributed by atoms with van der Waals surface area (Å²) in [6.45, 7) is 2.06. The van der Waals surface area contributed by atoms with E-state index < -0.39 is 6.10 Å². The van der Waals surface area contributed by atoms with Gasteiger partial charge in [0.05, 0.1) is 19.0 Å². The number of aliphatic hydroxyl groups excluding tert-OH is 1. The first kappa shape index (κ1) is 14.0. The predicted octanol–water partition coefficient (Wildman–Crippen LogP) is 2.75. The molecule has 0 aliphatic heterocycles. The number of hydrogen-bond donors (Lipinski definition) is 1. The number of ether oxygens (including phenoxy) is 1. The highest BCUT2D eigenvalue weighted by Crippen LogP contribution is 2.23. The quantitative estimate of drug-likeness (QED) is 0.741. The zero-order valence-corrected chi connectivity index (χ0v) is 10.7. The molecule has 0 aromatic carbocycles. The van der Waals surface area contributed by atoms with E-state index in [1.165, 1.54) is 0 Å². The monoisotopic (exact) mass is 238 g/mol. The first-order chi connectivity index (χ1) is 8.17. The molecule has 17 heavy (non-hydrogen) atoms. The first-order valence-corrected chi connectivity index (χ1v) is 6.30. The van der Waals surface area contributed by atoms with Gasteiger partial charge >= 0.3 is 0 Å². The van der Waals surface area contributed by atoms with Gasteiger partial charge in [0.15, 0.2) is 0 Å². The average Bonchev–Trinajstić information content (AvgIpc) is 2.36. The number of allylic oxidation sites excluding steroid dienone is 3. The minimum absolute atomic E-state index is 0.154. The van der Waals surface area contributed by atoms with Crippen LogP contribution in [0.4, 0.5) is 0 Å². The Balaban J connectivity index is 2.43. The number of aliphatic hydroxyl groups is 1. The average molecular weight is 238 g/mol. The van der Waals surface area contributed by atoms with Crippen LogP contribution in [0.5, 0.6) is 0 Å². The topological polar surface area (TPSA) is 46.5 Å². The highest BCUT2D eigenvalue weighted by Gasteiger charge is 2.17. The lowest BCUT2D eigenvalue weighted by atomic mass is 9.94. The maximum absolute atomic E-state index is 11.5. The molecule has 1 atom stereocenters. The molecule has 1 rings (SSSR count). The van der Waals surface area contributed by atoms with Crippen LogP contribution in [0.15, 0.2) is 23.5 Å². The number of carbonyl (C=O) groups is 1. The zero-order chi connectivity index (χ0) is 12.7. The highest BCUT2D eigenvalue weighted by molar-refractivity contribution is 5.79. The molecule has 0 bridgehead atoms. The molecule has 3 heteroatoms. The Kier molecular flexibility index (Phi) is 5.98. The highest BCUT2D eigenvalue weighted by atomic mass is 16.5. The van der Waals surface area contributed by atoms with E-state index in [1.54, 1.807) is 7.11 Å². The van der Waals surface area contributed by atoms with Crippen molar-refractivity contribution < 1.29 is 14.6 Å². The number of rotatable bonds is 7. The van der Waals surface area contributed by atoms with Crippen molar-refractivity contribution in [3.63, 3.8) is 0 Å². The van der Waals surface area contributed by atoms with E-state index in [-0.39, 0.29) is 12.2 Å². The van der Waals surface area contributed by atoms with Gasteiger partial charge in [0.1, 0.15) is 5.78 Å². The summed E-state index contributed by atoms with van der Waals surface area (Å²) in [6.07, 6.45) is 7.49. The largest absolute Gasteiger partial charge is 0.501 e. The van der Waals surface area contributed by atoms with Crippen LogP contribution in [0.3, 0.4) is 0 Å². The van der Waals surface area contributed by atoms with Gasteiger partial charge in [0.2, 0.25) is 0 Å². The molecule has 0 radical (unpaired) electrons. The molecule has 0 amide bonds. The Hall–Kier alpha value is -1.09. The van der Waals surface area contributed by atoms with Gasteiger partial charge in [0.25, 0.3) is 0 Å². The van der Waals surface area contributed by atoms with Crippen molar-refractivity contribution in [2.24, 2.45) is 0 Å². The Morgan fingerprint density at radius 3 is 2.76 bits per heavy atom. The number of hydrogen-bond acceptors (Lipinski definition) is 3. The van der Waals surface area contributed by atoms with E-state index in [2.05, 4.69) is 6.92 Å². The number of ketones is 1. The van der Waals surface area contributed by atoms with Gasteiger partial charge in [-0.1, -0.05) is 19.4 Å². The van der Waals surface area contributed by atoms with Crippen LogP contribution in [-0.4, -0.2) is 24.1 Å². The SMILES string of the molecule is CCCCC(=O)CC(O)C1=CC=C(OC)CC1. The van der Waals surface area contributed by atoms with E-state index in [9.17, 15) is 9.90 Å². The number of methoxy groups -OCH3 is 1. The molecule has 96 valence electrons. The van der Waals surface area contributed by atoms with Crippen LogP contribution in [0.2, 0.25) is 0 Å². The van der Waals surface area contributed by atoms with Crippen LogP contribution in [0, 0.1) is 0 Å². The summed E-state index contributed by atoms with van der Waals surface area (Å²) in [5.74, 6) is 1.08. The van der Waals surface area contributed by atoms with Crippen LogP contribution >= 0.6 is 0 Å². The van der Waals surface area contributed by atoms with Crippen molar-refractivity contribution in [3.05, 3.63) is 23.5 Å². The third-order valence-electron chi connectivity index (χ3n) is 3.06. The summed E-state index contributed by atoms with van der Waals surface area (Å²) in [5.41, 5.74) is 0.940. The molecular weight excluding hydrogens is 216 g/mol. The fourth-order valence-electron chi connectivity index (χ4n) is 1.90.